The van der Waals surface area contributed by atoms with E-state index in [4.69, 9.17) is 10.00 Å². The van der Waals surface area contributed by atoms with Crippen molar-refractivity contribution in [3.8, 4) is 11.8 Å². The van der Waals surface area contributed by atoms with Crippen molar-refractivity contribution in [3.63, 3.8) is 0 Å². The van der Waals surface area contributed by atoms with Gasteiger partial charge in [0.05, 0.1) is 17.4 Å². The Morgan fingerprint density at radius 3 is 2.67 bits per heavy atom. The van der Waals surface area contributed by atoms with E-state index in [1.165, 1.54) is 13.1 Å². The first-order valence-electron chi connectivity index (χ1n) is 8.40. The van der Waals surface area contributed by atoms with E-state index in [0.717, 1.165) is 11.1 Å². The lowest BCUT2D eigenvalue weighted by Crippen LogP contribution is -2.33. The third-order valence-corrected chi connectivity index (χ3v) is 5.81. The predicted octanol–water partition coefficient (Wildman–Crippen LogP) is 1.63. The lowest BCUT2D eigenvalue weighted by atomic mass is 10.2. The van der Waals surface area contributed by atoms with Gasteiger partial charge in [0.1, 0.15) is 5.75 Å². The van der Waals surface area contributed by atoms with Crippen LogP contribution >= 0.6 is 0 Å². The fraction of sp³-hybridized carbons (Fsp3) is 0.263. The van der Waals surface area contributed by atoms with Gasteiger partial charge in [0.15, 0.2) is 6.61 Å². The molecular weight excluding hydrogens is 366 g/mol. The van der Waals surface area contributed by atoms with Crippen molar-refractivity contribution >= 4 is 21.6 Å². The van der Waals surface area contributed by atoms with Crippen LogP contribution in [0.4, 0.5) is 5.69 Å². The highest BCUT2D eigenvalue weighted by Gasteiger charge is 2.26. The van der Waals surface area contributed by atoms with Crippen LogP contribution in [-0.2, 0) is 27.7 Å². The van der Waals surface area contributed by atoms with Crippen LogP contribution in [0.3, 0.4) is 0 Å². The van der Waals surface area contributed by atoms with E-state index in [1.54, 1.807) is 41.3 Å². The van der Waals surface area contributed by atoms with Gasteiger partial charge >= 0.3 is 0 Å². The number of ether oxygens (including phenoxy) is 1. The summed E-state index contributed by atoms with van der Waals surface area (Å²) >= 11 is 0. The molecule has 3 rings (SSSR count). The molecule has 0 aliphatic carbocycles. The number of anilines is 1. The van der Waals surface area contributed by atoms with Crippen LogP contribution in [0.15, 0.2) is 47.4 Å². The molecule has 0 saturated heterocycles. The number of nitriles is 1. The monoisotopic (exact) mass is 385 g/mol. The van der Waals surface area contributed by atoms with E-state index in [2.05, 4.69) is 10.8 Å². The minimum absolute atomic E-state index is 0.117. The van der Waals surface area contributed by atoms with E-state index in [0.29, 0.717) is 30.8 Å². The zero-order valence-electron chi connectivity index (χ0n) is 14.8. The third-order valence-electron chi connectivity index (χ3n) is 4.40. The zero-order valence-corrected chi connectivity index (χ0v) is 15.6. The van der Waals surface area contributed by atoms with Gasteiger partial charge in [0, 0.05) is 12.2 Å². The van der Waals surface area contributed by atoms with E-state index in [1.807, 2.05) is 0 Å². The number of carbonyl (C=O) groups is 1. The second-order valence-corrected chi connectivity index (χ2v) is 7.95. The summed E-state index contributed by atoms with van der Waals surface area (Å²) in [7, 11) is -2.15. The first-order chi connectivity index (χ1) is 12.9. The molecule has 0 aromatic heterocycles. The van der Waals surface area contributed by atoms with E-state index in [9.17, 15) is 13.2 Å². The second kappa shape index (κ2) is 7.78. The van der Waals surface area contributed by atoms with Crippen LogP contribution in [0.2, 0.25) is 0 Å². The number of benzene rings is 2. The Morgan fingerprint density at radius 2 is 2.00 bits per heavy atom. The smallest absolute Gasteiger partial charge is 0.264 e. The number of carbonyl (C=O) groups excluding carboxylic acids is 1. The Labute approximate surface area is 158 Å². The lowest BCUT2D eigenvalue weighted by Gasteiger charge is -2.18. The van der Waals surface area contributed by atoms with Crippen molar-refractivity contribution in [2.24, 2.45) is 0 Å². The Hall–Kier alpha value is -2.89. The highest BCUT2D eigenvalue weighted by atomic mass is 32.2. The first-order valence-corrected chi connectivity index (χ1v) is 9.88. The van der Waals surface area contributed by atoms with Gasteiger partial charge in [-0.1, -0.05) is 12.1 Å². The van der Waals surface area contributed by atoms with E-state index < -0.39 is 10.0 Å². The topological polar surface area (TPSA) is 99.5 Å². The SMILES string of the molecule is CNS(=O)(=O)c1ccc2c(c1)CCN2C(=O)COc1ccc(CC#N)cc1. The van der Waals surface area contributed by atoms with Crippen molar-refractivity contribution in [1.29, 1.82) is 5.26 Å². The van der Waals surface area contributed by atoms with Gasteiger partial charge in [-0.15, -0.1) is 0 Å². The number of nitrogens with one attached hydrogen (secondary N) is 1. The van der Waals surface area contributed by atoms with Gasteiger partial charge in [-0.05, 0) is 54.9 Å². The number of amides is 1. The summed E-state index contributed by atoms with van der Waals surface area (Å²) in [6.45, 7) is 0.370. The maximum atomic E-state index is 12.5. The van der Waals surface area contributed by atoms with Crippen LogP contribution in [0.5, 0.6) is 5.75 Å². The molecule has 0 fully saturated rings. The number of fused-ring (bicyclic) bond motifs is 1. The van der Waals surface area contributed by atoms with Crippen LogP contribution in [0.25, 0.3) is 0 Å². The minimum atomic E-state index is -3.51. The summed E-state index contributed by atoms with van der Waals surface area (Å²) in [6.07, 6.45) is 0.923. The molecule has 1 aliphatic heterocycles. The Morgan fingerprint density at radius 1 is 1.26 bits per heavy atom. The molecule has 1 aliphatic rings. The molecule has 1 heterocycles. The highest BCUT2D eigenvalue weighted by Crippen LogP contribution is 2.30. The standard InChI is InChI=1S/C19H19N3O4S/c1-21-27(24,25)17-6-7-18-15(12-17)9-11-22(18)19(23)13-26-16-4-2-14(3-5-16)8-10-20/h2-7,12,21H,8-9,11,13H2,1H3. The van der Waals surface area contributed by atoms with Crippen molar-refractivity contribution < 1.29 is 17.9 Å². The minimum Gasteiger partial charge on any atom is -0.484 e. The first kappa shape index (κ1) is 18.9. The zero-order chi connectivity index (χ0) is 19.4. The predicted molar refractivity (Wildman–Crippen MR) is 100.0 cm³/mol. The fourth-order valence-electron chi connectivity index (χ4n) is 2.94. The number of sulfonamides is 1. The summed E-state index contributed by atoms with van der Waals surface area (Å²) in [5.74, 6) is 0.360. The molecule has 1 N–H and O–H groups in total. The second-order valence-electron chi connectivity index (χ2n) is 6.06. The molecule has 0 saturated carbocycles. The van der Waals surface area contributed by atoms with Crippen molar-refractivity contribution in [3.05, 3.63) is 53.6 Å². The molecule has 2 aromatic rings. The van der Waals surface area contributed by atoms with Crippen LogP contribution in [0, 0.1) is 11.3 Å². The molecule has 0 spiro atoms. The van der Waals surface area contributed by atoms with Gasteiger partial charge in [0.2, 0.25) is 10.0 Å². The summed E-state index contributed by atoms with van der Waals surface area (Å²) in [6, 6.07) is 13.9. The molecule has 0 atom stereocenters. The third kappa shape index (κ3) is 4.10. The molecular formula is C19H19N3O4S. The van der Waals surface area contributed by atoms with Gasteiger partial charge in [-0.25, -0.2) is 13.1 Å². The van der Waals surface area contributed by atoms with Gasteiger partial charge in [-0.3, -0.25) is 4.79 Å². The van der Waals surface area contributed by atoms with Crippen LogP contribution in [0.1, 0.15) is 11.1 Å². The summed E-state index contributed by atoms with van der Waals surface area (Å²) in [4.78, 5) is 14.3. The summed E-state index contributed by atoms with van der Waals surface area (Å²) in [5, 5.41) is 8.67. The van der Waals surface area contributed by atoms with Crippen LogP contribution in [-0.4, -0.2) is 34.5 Å². The molecule has 2 aromatic carbocycles. The van der Waals surface area contributed by atoms with Gasteiger partial charge < -0.3 is 9.64 Å². The summed E-state index contributed by atoms with van der Waals surface area (Å²) < 4.78 is 31.7. The van der Waals surface area contributed by atoms with Gasteiger partial charge in [0.25, 0.3) is 5.91 Å². The van der Waals surface area contributed by atoms with E-state index in [-0.39, 0.29) is 17.4 Å². The Balaban J connectivity index is 1.67. The maximum absolute atomic E-state index is 12.5. The molecule has 27 heavy (non-hydrogen) atoms. The Bertz CT molecular complexity index is 995. The average Bonchev–Trinajstić information content (AvgIpc) is 3.11. The number of hydrogen-bond acceptors (Lipinski definition) is 5. The summed E-state index contributed by atoms with van der Waals surface area (Å²) in [5.41, 5.74) is 2.42. The average molecular weight is 385 g/mol. The van der Waals surface area contributed by atoms with Crippen molar-refractivity contribution in [2.75, 3.05) is 25.1 Å². The molecule has 0 radical (unpaired) electrons. The van der Waals surface area contributed by atoms with Crippen molar-refractivity contribution in [2.45, 2.75) is 17.7 Å². The van der Waals surface area contributed by atoms with Crippen LogP contribution < -0.4 is 14.4 Å². The number of rotatable bonds is 6. The molecule has 1 amide bonds. The molecule has 0 unspecified atom stereocenters. The van der Waals surface area contributed by atoms with Gasteiger partial charge in [-0.2, -0.15) is 5.26 Å². The fourth-order valence-corrected chi connectivity index (χ4v) is 3.72. The molecule has 140 valence electrons. The maximum Gasteiger partial charge on any atom is 0.264 e. The quantitative estimate of drug-likeness (QED) is 0.815. The lowest BCUT2D eigenvalue weighted by molar-refractivity contribution is -0.120. The molecule has 8 heteroatoms. The highest BCUT2D eigenvalue weighted by molar-refractivity contribution is 7.89. The molecule has 7 nitrogen and oxygen atoms in total. The van der Waals surface area contributed by atoms with Crippen molar-refractivity contribution in [1.82, 2.24) is 4.72 Å². The number of nitrogens with zero attached hydrogens (tertiary/aromatic N) is 2. The van der Waals surface area contributed by atoms with E-state index >= 15 is 0 Å². The number of hydrogen-bond donors (Lipinski definition) is 1. The molecule has 0 bridgehead atoms. The largest absolute Gasteiger partial charge is 0.484 e. The Kier molecular flexibility index (Phi) is 5.44. The normalized spacial score (nSPS) is 13.1.